The van der Waals surface area contributed by atoms with Gasteiger partial charge in [0.05, 0.1) is 9.79 Å². The van der Waals surface area contributed by atoms with Gasteiger partial charge in [-0.1, -0.05) is 18.2 Å². The summed E-state index contributed by atoms with van der Waals surface area (Å²) >= 11 is 5.30. The van der Waals surface area contributed by atoms with E-state index in [9.17, 15) is 13.2 Å². The third kappa shape index (κ3) is 2.44. The Bertz CT molecular complexity index is 661. The zero-order valence-corrected chi connectivity index (χ0v) is 10.8. The maximum Gasteiger partial charge on any atom is 0.252 e. The largest absolute Gasteiger partial charge is 0.276 e. The van der Waals surface area contributed by atoms with Crippen molar-refractivity contribution in [2.75, 3.05) is 0 Å². The topological polar surface area (TPSA) is 51.2 Å². The van der Waals surface area contributed by atoms with Gasteiger partial charge in [0, 0.05) is 5.56 Å². The Morgan fingerprint density at radius 3 is 1.83 bits per heavy atom. The second-order valence-electron chi connectivity index (χ2n) is 3.61. The Hall–Kier alpha value is -1.65. The average molecular weight is 281 g/mol. The number of carbonyl (C=O) groups excluding carboxylic acids is 1. The van der Waals surface area contributed by atoms with Crippen LogP contribution in [0, 0.1) is 0 Å². The first-order valence-corrected chi connectivity index (χ1v) is 6.98. The van der Waals surface area contributed by atoms with Gasteiger partial charge in [0.2, 0.25) is 9.84 Å². The van der Waals surface area contributed by atoms with Gasteiger partial charge in [0.1, 0.15) is 0 Å². The van der Waals surface area contributed by atoms with E-state index in [1.165, 1.54) is 36.4 Å². The number of sulfone groups is 1. The molecule has 0 saturated heterocycles. The predicted octanol–water partition coefficient (Wildman–Crippen LogP) is 2.90. The Kier molecular flexibility index (Phi) is 3.50. The molecule has 0 heterocycles. The zero-order valence-electron chi connectivity index (χ0n) is 9.21. The van der Waals surface area contributed by atoms with Gasteiger partial charge in [-0.25, -0.2) is 8.42 Å². The van der Waals surface area contributed by atoms with Crippen LogP contribution in [0.1, 0.15) is 10.4 Å². The van der Waals surface area contributed by atoms with E-state index in [-0.39, 0.29) is 15.4 Å². The molecule has 0 fully saturated rings. The molecule has 0 radical (unpaired) electrons. The lowest BCUT2D eigenvalue weighted by atomic mass is 10.2. The quantitative estimate of drug-likeness (QED) is 0.812. The van der Waals surface area contributed by atoms with Crippen LogP contribution in [0.5, 0.6) is 0 Å². The minimum atomic E-state index is -3.54. The van der Waals surface area contributed by atoms with Crippen LogP contribution in [0.4, 0.5) is 0 Å². The maximum absolute atomic E-state index is 12.2. The monoisotopic (exact) mass is 280 g/mol. The second-order valence-corrected chi connectivity index (χ2v) is 5.91. The van der Waals surface area contributed by atoms with E-state index in [0.717, 1.165) is 0 Å². The predicted molar refractivity (Wildman–Crippen MR) is 68.5 cm³/mol. The Balaban J connectivity index is 2.46. The van der Waals surface area contributed by atoms with E-state index in [2.05, 4.69) is 0 Å². The molecular formula is C13H9ClO3S. The molecule has 0 aromatic heterocycles. The first-order chi connectivity index (χ1) is 8.51. The van der Waals surface area contributed by atoms with Crippen LogP contribution >= 0.6 is 11.6 Å². The lowest BCUT2D eigenvalue weighted by Crippen LogP contribution is -2.02. The summed E-state index contributed by atoms with van der Waals surface area (Å²) in [5.41, 5.74) is 0.267. The fourth-order valence-electron chi connectivity index (χ4n) is 1.50. The molecule has 0 aliphatic heterocycles. The molecule has 0 atom stereocenters. The fourth-order valence-corrected chi connectivity index (χ4v) is 2.91. The van der Waals surface area contributed by atoms with Crippen molar-refractivity contribution in [3.8, 4) is 0 Å². The molecule has 0 spiro atoms. The molecule has 2 aromatic rings. The van der Waals surface area contributed by atoms with Crippen LogP contribution in [0.15, 0.2) is 64.4 Å². The molecule has 5 heteroatoms. The number of benzene rings is 2. The SMILES string of the molecule is O=C(Cl)c1ccc(S(=O)(=O)c2ccccc2)cc1. The minimum absolute atomic E-state index is 0.135. The highest BCUT2D eigenvalue weighted by atomic mass is 35.5. The Labute approximate surface area is 110 Å². The molecule has 18 heavy (non-hydrogen) atoms. The summed E-state index contributed by atoms with van der Waals surface area (Å²) in [7, 11) is -3.54. The molecule has 0 saturated carbocycles. The van der Waals surface area contributed by atoms with Crippen molar-refractivity contribution in [1.82, 2.24) is 0 Å². The third-order valence-electron chi connectivity index (χ3n) is 2.45. The molecule has 2 rings (SSSR count). The molecular weight excluding hydrogens is 272 g/mol. The molecule has 0 aliphatic rings. The van der Waals surface area contributed by atoms with Crippen LogP contribution in [-0.4, -0.2) is 13.7 Å². The van der Waals surface area contributed by atoms with Crippen molar-refractivity contribution in [2.24, 2.45) is 0 Å². The van der Waals surface area contributed by atoms with Gasteiger partial charge in [-0.3, -0.25) is 4.79 Å². The first kappa shape index (κ1) is 12.8. The molecule has 0 amide bonds. The standard InChI is InChI=1S/C13H9ClO3S/c14-13(15)10-6-8-12(9-7-10)18(16,17)11-4-2-1-3-5-11/h1-9H. The second kappa shape index (κ2) is 4.92. The van der Waals surface area contributed by atoms with Crippen LogP contribution in [0.25, 0.3) is 0 Å². The van der Waals surface area contributed by atoms with Gasteiger partial charge in [-0.15, -0.1) is 0 Å². The van der Waals surface area contributed by atoms with Crippen LogP contribution < -0.4 is 0 Å². The molecule has 0 bridgehead atoms. The Morgan fingerprint density at radius 2 is 1.33 bits per heavy atom. The normalized spacial score (nSPS) is 11.2. The number of hydrogen-bond donors (Lipinski definition) is 0. The summed E-state index contributed by atoms with van der Waals surface area (Å²) in [6.45, 7) is 0. The minimum Gasteiger partial charge on any atom is -0.276 e. The van der Waals surface area contributed by atoms with Crippen molar-refractivity contribution >= 4 is 26.7 Å². The summed E-state index contributed by atoms with van der Waals surface area (Å²) in [6.07, 6.45) is 0. The van der Waals surface area contributed by atoms with E-state index < -0.39 is 15.1 Å². The lowest BCUT2D eigenvalue weighted by molar-refractivity contribution is 0.108. The lowest BCUT2D eigenvalue weighted by Gasteiger charge is -2.04. The van der Waals surface area contributed by atoms with Crippen LogP contribution in [0.2, 0.25) is 0 Å². The summed E-state index contributed by atoms with van der Waals surface area (Å²) in [6, 6.07) is 13.6. The van der Waals surface area contributed by atoms with Crippen molar-refractivity contribution in [3.63, 3.8) is 0 Å². The first-order valence-electron chi connectivity index (χ1n) is 5.12. The van der Waals surface area contributed by atoms with E-state index >= 15 is 0 Å². The van der Waals surface area contributed by atoms with Crippen LogP contribution in [0.3, 0.4) is 0 Å². The molecule has 0 N–H and O–H groups in total. The smallest absolute Gasteiger partial charge is 0.252 e. The Morgan fingerprint density at radius 1 is 0.833 bits per heavy atom. The van der Waals surface area contributed by atoms with E-state index in [0.29, 0.717) is 0 Å². The number of hydrogen-bond acceptors (Lipinski definition) is 3. The van der Waals surface area contributed by atoms with Crippen molar-refractivity contribution in [2.45, 2.75) is 9.79 Å². The number of halogens is 1. The van der Waals surface area contributed by atoms with Gasteiger partial charge in [0.15, 0.2) is 0 Å². The van der Waals surface area contributed by atoms with Gasteiger partial charge < -0.3 is 0 Å². The summed E-state index contributed by atoms with van der Waals surface area (Å²) in [5.74, 6) is 0. The van der Waals surface area contributed by atoms with Gasteiger partial charge in [-0.05, 0) is 48.0 Å². The van der Waals surface area contributed by atoms with Gasteiger partial charge in [0.25, 0.3) is 5.24 Å². The van der Waals surface area contributed by atoms with Crippen LogP contribution in [-0.2, 0) is 9.84 Å². The highest BCUT2D eigenvalue weighted by Gasteiger charge is 2.17. The molecule has 0 unspecified atom stereocenters. The zero-order chi connectivity index (χ0) is 13.2. The van der Waals surface area contributed by atoms with E-state index in [1.807, 2.05) is 0 Å². The van der Waals surface area contributed by atoms with Gasteiger partial charge >= 0.3 is 0 Å². The molecule has 3 nitrogen and oxygen atoms in total. The summed E-state index contributed by atoms with van der Waals surface area (Å²) in [4.78, 5) is 11.2. The van der Waals surface area contributed by atoms with E-state index in [4.69, 9.17) is 11.6 Å². The fraction of sp³-hybridized carbons (Fsp3) is 0. The average Bonchev–Trinajstić information content (AvgIpc) is 2.40. The molecule has 0 aliphatic carbocycles. The van der Waals surface area contributed by atoms with Crippen molar-refractivity contribution in [3.05, 3.63) is 60.2 Å². The summed E-state index contributed by atoms with van der Waals surface area (Å²) in [5, 5.41) is -0.612. The maximum atomic E-state index is 12.2. The van der Waals surface area contributed by atoms with Crippen molar-refractivity contribution in [1.29, 1.82) is 0 Å². The third-order valence-corrected chi connectivity index (χ3v) is 4.45. The molecule has 92 valence electrons. The van der Waals surface area contributed by atoms with Crippen molar-refractivity contribution < 1.29 is 13.2 Å². The van der Waals surface area contributed by atoms with E-state index in [1.54, 1.807) is 18.2 Å². The van der Waals surface area contributed by atoms with Gasteiger partial charge in [-0.2, -0.15) is 0 Å². The molecule has 2 aromatic carbocycles. The number of rotatable bonds is 3. The highest BCUT2D eigenvalue weighted by molar-refractivity contribution is 7.91. The summed E-state index contributed by atoms with van der Waals surface area (Å²) < 4.78 is 24.4. The number of carbonyl (C=O) groups is 1. The highest BCUT2D eigenvalue weighted by Crippen LogP contribution is 2.21.